The third-order valence-electron chi connectivity index (χ3n) is 4.86. The molecule has 1 amide bonds. The van der Waals surface area contributed by atoms with Crippen LogP contribution in [0.25, 0.3) is 0 Å². The summed E-state index contributed by atoms with van der Waals surface area (Å²) in [7, 11) is 0. The Labute approximate surface area is 173 Å². The molecule has 2 aromatic heterocycles. The molecule has 0 aliphatic carbocycles. The molecule has 30 heavy (non-hydrogen) atoms. The molecule has 0 fully saturated rings. The molecule has 0 bridgehead atoms. The third kappa shape index (κ3) is 4.46. The van der Waals surface area contributed by atoms with E-state index in [9.17, 15) is 18.4 Å². The predicted molar refractivity (Wildman–Crippen MR) is 105 cm³/mol. The fourth-order valence-corrected chi connectivity index (χ4v) is 3.17. The smallest absolute Gasteiger partial charge is 0.272 e. The molecule has 1 unspecified atom stereocenters. The van der Waals surface area contributed by atoms with Crippen molar-refractivity contribution in [1.29, 1.82) is 0 Å². The number of nitrogens with zero attached hydrogens (tertiary/aromatic N) is 3. The molecule has 0 N–H and O–H groups in total. The number of aromatic nitrogens is 2. The summed E-state index contributed by atoms with van der Waals surface area (Å²) in [4.78, 5) is 34.5. The molecule has 3 heterocycles. The Morgan fingerprint density at radius 3 is 2.80 bits per heavy atom. The van der Waals surface area contributed by atoms with Crippen LogP contribution in [0.4, 0.5) is 8.78 Å². The van der Waals surface area contributed by atoms with Gasteiger partial charge in [0, 0.05) is 35.5 Å². The summed E-state index contributed by atoms with van der Waals surface area (Å²) in [5.74, 6) is 5.10. The Kier molecular flexibility index (Phi) is 6.40. The van der Waals surface area contributed by atoms with Gasteiger partial charge < -0.3 is 9.64 Å². The van der Waals surface area contributed by atoms with Crippen LogP contribution in [0.1, 0.15) is 59.1 Å². The molecule has 0 saturated carbocycles. The molecule has 2 aromatic rings. The Hall–Kier alpha value is -3.34. The van der Waals surface area contributed by atoms with E-state index in [0.717, 1.165) is 5.56 Å². The van der Waals surface area contributed by atoms with Crippen LogP contribution < -0.4 is 4.74 Å². The zero-order valence-corrected chi connectivity index (χ0v) is 16.9. The van der Waals surface area contributed by atoms with Gasteiger partial charge in [-0.25, -0.2) is 18.7 Å². The first-order valence-corrected chi connectivity index (χ1v) is 9.53. The van der Waals surface area contributed by atoms with Crippen molar-refractivity contribution in [2.45, 2.75) is 46.2 Å². The normalized spacial score (nSPS) is 13.7. The molecule has 1 aliphatic heterocycles. The van der Waals surface area contributed by atoms with Crippen LogP contribution in [0.3, 0.4) is 0 Å². The van der Waals surface area contributed by atoms with Crippen molar-refractivity contribution in [1.82, 2.24) is 14.9 Å². The average molecular weight is 413 g/mol. The summed E-state index contributed by atoms with van der Waals surface area (Å²) in [5, 5.41) is 0. The maximum atomic E-state index is 12.9. The zero-order chi connectivity index (χ0) is 21.8. The van der Waals surface area contributed by atoms with Crippen molar-refractivity contribution in [3.8, 4) is 17.7 Å². The first kappa shape index (κ1) is 21.4. The molecule has 0 aromatic carbocycles. The minimum Gasteiger partial charge on any atom is -0.471 e. The first-order chi connectivity index (χ1) is 14.3. The van der Waals surface area contributed by atoms with Gasteiger partial charge in [0.1, 0.15) is 5.69 Å². The number of hydrogen-bond donors (Lipinski definition) is 0. The summed E-state index contributed by atoms with van der Waals surface area (Å²) in [6, 6.07) is 3.09. The summed E-state index contributed by atoms with van der Waals surface area (Å²) in [6.07, 6.45) is 0.761. The maximum absolute atomic E-state index is 12.9. The van der Waals surface area contributed by atoms with Crippen molar-refractivity contribution < 1.29 is 23.1 Å². The Morgan fingerprint density at radius 2 is 2.13 bits per heavy atom. The number of amides is 1. The number of aryl methyl sites for hydroxylation is 1. The molecular weight excluding hydrogens is 392 g/mol. The van der Waals surface area contributed by atoms with Crippen molar-refractivity contribution in [3.63, 3.8) is 0 Å². The van der Waals surface area contributed by atoms with Crippen molar-refractivity contribution in [2.24, 2.45) is 0 Å². The van der Waals surface area contributed by atoms with Gasteiger partial charge in [-0.05, 0) is 43.4 Å². The van der Waals surface area contributed by atoms with E-state index in [-0.39, 0.29) is 23.6 Å². The number of ketones is 1. The second-order valence-corrected chi connectivity index (χ2v) is 6.91. The molecular formula is C22H21F2N3O3. The van der Waals surface area contributed by atoms with E-state index < -0.39 is 13.0 Å². The number of carbonyl (C=O) groups is 2. The molecule has 1 atom stereocenters. The molecule has 156 valence electrons. The number of alkyl halides is 2. The first-order valence-electron chi connectivity index (χ1n) is 9.53. The lowest BCUT2D eigenvalue weighted by Crippen LogP contribution is -2.27. The van der Waals surface area contributed by atoms with E-state index in [1.807, 2.05) is 6.92 Å². The summed E-state index contributed by atoms with van der Waals surface area (Å²) >= 11 is 0. The number of halogens is 2. The van der Waals surface area contributed by atoms with Crippen molar-refractivity contribution in [3.05, 3.63) is 52.5 Å². The van der Waals surface area contributed by atoms with Gasteiger partial charge in [-0.2, -0.15) is 0 Å². The van der Waals surface area contributed by atoms with Crippen LogP contribution in [0.15, 0.2) is 24.5 Å². The molecule has 0 radical (unpaired) electrons. The lowest BCUT2D eigenvalue weighted by molar-refractivity contribution is -0.113. The standard InChI is InChI=1S/C22H21F2N3O3/c1-4-16(28)5-6-19-18-11-27(22(29)17(18)7-8-25-19)14(3)15-9-13(2)21(26-10-15)30-12-20(23)24/h7-10,14,20H,4,11-12H2,1-3H3. The molecule has 1 aliphatic rings. The van der Waals surface area contributed by atoms with Crippen LogP contribution in [-0.4, -0.2) is 39.6 Å². The minimum absolute atomic E-state index is 0.143. The van der Waals surface area contributed by atoms with Gasteiger partial charge in [0.25, 0.3) is 12.3 Å². The predicted octanol–water partition coefficient (Wildman–Crippen LogP) is 3.48. The quantitative estimate of drug-likeness (QED) is 0.678. The average Bonchev–Trinajstić information content (AvgIpc) is 3.07. The number of pyridine rings is 2. The van der Waals surface area contributed by atoms with Crippen LogP contribution >= 0.6 is 0 Å². The Morgan fingerprint density at radius 1 is 1.37 bits per heavy atom. The van der Waals surface area contributed by atoms with Crippen molar-refractivity contribution in [2.75, 3.05) is 6.61 Å². The number of carbonyl (C=O) groups excluding carboxylic acids is 2. The van der Waals surface area contributed by atoms with Crippen LogP contribution in [-0.2, 0) is 11.3 Å². The largest absolute Gasteiger partial charge is 0.471 e. The fourth-order valence-electron chi connectivity index (χ4n) is 3.17. The Balaban J connectivity index is 1.83. The molecule has 0 saturated heterocycles. The highest BCUT2D eigenvalue weighted by Crippen LogP contribution is 2.33. The van der Waals surface area contributed by atoms with Crippen LogP contribution in [0, 0.1) is 18.8 Å². The second kappa shape index (κ2) is 8.99. The SMILES string of the molecule is CCC(=O)C#Cc1nccc2c1CN(C(C)c1cnc(OCC(F)F)c(C)c1)C2=O. The Bertz CT molecular complexity index is 1040. The second-order valence-electron chi connectivity index (χ2n) is 6.91. The summed E-state index contributed by atoms with van der Waals surface area (Å²) in [5.41, 5.74) is 2.97. The van der Waals surface area contributed by atoms with E-state index in [0.29, 0.717) is 35.3 Å². The van der Waals surface area contributed by atoms with E-state index >= 15 is 0 Å². The van der Waals surface area contributed by atoms with Gasteiger partial charge in [-0.3, -0.25) is 9.59 Å². The van der Waals surface area contributed by atoms with Gasteiger partial charge in [-0.15, -0.1) is 0 Å². The maximum Gasteiger partial charge on any atom is 0.272 e. The highest BCUT2D eigenvalue weighted by molar-refractivity contribution is 5.99. The highest BCUT2D eigenvalue weighted by atomic mass is 19.3. The minimum atomic E-state index is -2.58. The number of rotatable bonds is 6. The zero-order valence-electron chi connectivity index (χ0n) is 16.9. The number of Topliss-reactive ketones (excluding diaryl/α,β-unsaturated/α-hetero) is 1. The van der Waals surface area contributed by atoms with Crippen LogP contribution in [0.5, 0.6) is 5.88 Å². The lowest BCUT2D eigenvalue weighted by Gasteiger charge is -2.25. The van der Waals surface area contributed by atoms with Gasteiger partial charge >= 0.3 is 0 Å². The molecule has 3 rings (SSSR count). The third-order valence-corrected chi connectivity index (χ3v) is 4.86. The van der Waals surface area contributed by atoms with Gasteiger partial charge in [0.2, 0.25) is 11.7 Å². The van der Waals surface area contributed by atoms with E-state index in [4.69, 9.17) is 4.74 Å². The topological polar surface area (TPSA) is 72.4 Å². The molecule has 0 spiro atoms. The van der Waals surface area contributed by atoms with Crippen LogP contribution in [0.2, 0.25) is 0 Å². The van der Waals surface area contributed by atoms with E-state index in [1.54, 1.807) is 30.9 Å². The fraction of sp³-hybridized carbons (Fsp3) is 0.364. The van der Waals surface area contributed by atoms with Gasteiger partial charge in [-0.1, -0.05) is 6.92 Å². The van der Waals surface area contributed by atoms with E-state index in [2.05, 4.69) is 21.8 Å². The number of ether oxygens (including phenoxy) is 1. The molecule has 6 nitrogen and oxygen atoms in total. The van der Waals surface area contributed by atoms with Crippen molar-refractivity contribution >= 4 is 11.7 Å². The highest BCUT2D eigenvalue weighted by Gasteiger charge is 2.33. The lowest BCUT2D eigenvalue weighted by atomic mass is 10.1. The summed E-state index contributed by atoms with van der Waals surface area (Å²) < 4.78 is 29.7. The summed E-state index contributed by atoms with van der Waals surface area (Å²) in [6.45, 7) is 4.88. The molecule has 8 heteroatoms. The number of fused-ring (bicyclic) bond motifs is 1. The van der Waals surface area contributed by atoms with Gasteiger partial charge in [0.05, 0.1) is 12.6 Å². The van der Waals surface area contributed by atoms with E-state index in [1.165, 1.54) is 12.4 Å². The number of hydrogen-bond acceptors (Lipinski definition) is 5. The van der Waals surface area contributed by atoms with Gasteiger partial charge in [0.15, 0.2) is 6.61 Å². The monoisotopic (exact) mass is 413 g/mol.